The average molecular weight is 227 g/mol. The van der Waals surface area contributed by atoms with Gasteiger partial charge in [0.2, 0.25) is 0 Å². The highest BCUT2D eigenvalue weighted by Gasteiger charge is 2.43. The molecule has 0 amide bonds. The highest BCUT2D eigenvalue weighted by atomic mass is 19.1. The summed E-state index contributed by atoms with van der Waals surface area (Å²) in [6.07, 6.45) is 6.65. The minimum absolute atomic E-state index is 0.252. The standard InChI is InChI=1S/C14H26FN/c1-10-7-11(2)9-12(8-10)14(15)5-3-13(16)4-6-14/h10-13H,3-9,16H2,1-2H3. The van der Waals surface area contributed by atoms with Crippen LogP contribution in [0.15, 0.2) is 0 Å². The van der Waals surface area contributed by atoms with Crippen molar-refractivity contribution in [1.29, 1.82) is 0 Å². The van der Waals surface area contributed by atoms with Crippen LogP contribution >= 0.6 is 0 Å². The van der Waals surface area contributed by atoms with Crippen molar-refractivity contribution in [2.75, 3.05) is 0 Å². The van der Waals surface area contributed by atoms with E-state index in [1.807, 2.05) is 0 Å². The Labute approximate surface area is 99.0 Å². The molecule has 2 aliphatic carbocycles. The summed E-state index contributed by atoms with van der Waals surface area (Å²) in [5, 5.41) is 0. The van der Waals surface area contributed by atoms with E-state index in [1.165, 1.54) is 6.42 Å². The van der Waals surface area contributed by atoms with E-state index in [2.05, 4.69) is 13.8 Å². The molecule has 0 radical (unpaired) electrons. The van der Waals surface area contributed by atoms with Gasteiger partial charge in [-0.05, 0) is 62.7 Å². The van der Waals surface area contributed by atoms with E-state index in [9.17, 15) is 4.39 Å². The molecule has 2 heteroatoms. The van der Waals surface area contributed by atoms with Gasteiger partial charge >= 0.3 is 0 Å². The molecule has 0 saturated heterocycles. The minimum atomic E-state index is -0.890. The fourth-order valence-corrected chi connectivity index (χ4v) is 3.90. The quantitative estimate of drug-likeness (QED) is 0.726. The van der Waals surface area contributed by atoms with E-state index >= 15 is 0 Å². The topological polar surface area (TPSA) is 26.0 Å². The largest absolute Gasteiger partial charge is 0.328 e. The number of nitrogens with two attached hydrogens (primary N) is 1. The molecule has 2 saturated carbocycles. The van der Waals surface area contributed by atoms with Gasteiger partial charge in [-0.2, -0.15) is 0 Å². The van der Waals surface area contributed by atoms with Crippen LogP contribution in [0.25, 0.3) is 0 Å². The number of hydrogen-bond donors (Lipinski definition) is 1. The molecule has 2 aliphatic rings. The molecular formula is C14H26FN. The summed E-state index contributed by atoms with van der Waals surface area (Å²) in [5.41, 5.74) is 4.98. The summed E-state index contributed by atoms with van der Waals surface area (Å²) < 4.78 is 14.9. The van der Waals surface area contributed by atoms with Gasteiger partial charge in [-0.1, -0.05) is 13.8 Å². The number of rotatable bonds is 1. The third-order valence-electron chi connectivity index (χ3n) is 4.77. The van der Waals surface area contributed by atoms with Gasteiger partial charge in [-0.3, -0.25) is 0 Å². The van der Waals surface area contributed by atoms with Gasteiger partial charge in [-0.15, -0.1) is 0 Å². The SMILES string of the molecule is CC1CC(C)CC(C2(F)CCC(N)CC2)C1. The summed E-state index contributed by atoms with van der Waals surface area (Å²) in [4.78, 5) is 0. The lowest BCUT2D eigenvalue weighted by molar-refractivity contribution is -0.00568. The molecule has 94 valence electrons. The normalized spacial score (nSPS) is 50.2. The van der Waals surface area contributed by atoms with Crippen molar-refractivity contribution in [1.82, 2.24) is 0 Å². The van der Waals surface area contributed by atoms with Crippen LogP contribution in [-0.4, -0.2) is 11.7 Å². The van der Waals surface area contributed by atoms with Crippen LogP contribution in [0.5, 0.6) is 0 Å². The van der Waals surface area contributed by atoms with E-state index in [-0.39, 0.29) is 6.04 Å². The van der Waals surface area contributed by atoms with Gasteiger partial charge in [0.25, 0.3) is 0 Å². The van der Waals surface area contributed by atoms with Gasteiger partial charge in [-0.25, -0.2) is 4.39 Å². The maximum absolute atomic E-state index is 14.9. The molecule has 16 heavy (non-hydrogen) atoms. The maximum atomic E-state index is 14.9. The molecular weight excluding hydrogens is 201 g/mol. The first kappa shape index (κ1) is 12.3. The fraction of sp³-hybridized carbons (Fsp3) is 1.00. The van der Waals surface area contributed by atoms with E-state index < -0.39 is 5.67 Å². The van der Waals surface area contributed by atoms with Crippen molar-refractivity contribution >= 4 is 0 Å². The van der Waals surface area contributed by atoms with Gasteiger partial charge in [0.1, 0.15) is 5.67 Å². The van der Waals surface area contributed by atoms with Crippen LogP contribution in [-0.2, 0) is 0 Å². The molecule has 0 aromatic carbocycles. The Morgan fingerprint density at radius 2 is 1.50 bits per heavy atom. The summed E-state index contributed by atoms with van der Waals surface area (Å²) in [5.74, 6) is 1.72. The zero-order valence-corrected chi connectivity index (χ0v) is 10.7. The van der Waals surface area contributed by atoms with Crippen molar-refractivity contribution in [3.8, 4) is 0 Å². The second kappa shape index (κ2) is 4.64. The Bertz CT molecular complexity index is 223. The maximum Gasteiger partial charge on any atom is 0.114 e. The predicted octanol–water partition coefficient (Wildman–Crippen LogP) is 3.67. The lowest BCUT2D eigenvalue weighted by Gasteiger charge is -2.43. The number of alkyl halides is 1. The van der Waals surface area contributed by atoms with E-state index in [4.69, 9.17) is 5.73 Å². The summed E-state index contributed by atoms with van der Waals surface area (Å²) >= 11 is 0. The molecule has 0 spiro atoms. The van der Waals surface area contributed by atoms with Crippen LogP contribution in [0.4, 0.5) is 4.39 Å². The van der Waals surface area contributed by atoms with Crippen molar-refractivity contribution in [3.63, 3.8) is 0 Å². The van der Waals surface area contributed by atoms with Crippen LogP contribution in [0.1, 0.15) is 58.8 Å². The third kappa shape index (κ3) is 2.58. The first-order chi connectivity index (χ1) is 7.49. The summed E-state index contributed by atoms with van der Waals surface area (Å²) in [7, 11) is 0. The van der Waals surface area contributed by atoms with E-state index in [1.54, 1.807) is 0 Å². The second-order valence-electron chi connectivity index (χ2n) is 6.49. The first-order valence-electron chi connectivity index (χ1n) is 6.94. The Morgan fingerprint density at radius 1 is 1.00 bits per heavy atom. The lowest BCUT2D eigenvalue weighted by Crippen LogP contribution is -2.43. The van der Waals surface area contributed by atoms with E-state index in [0.29, 0.717) is 30.6 Å². The van der Waals surface area contributed by atoms with Gasteiger partial charge in [0.15, 0.2) is 0 Å². The Kier molecular flexibility index (Phi) is 3.58. The van der Waals surface area contributed by atoms with Crippen molar-refractivity contribution in [2.45, 2.75) is 70.5 Å². The molecule has 2 unspecified atom stereocenters. The molecule has 2 atom stereocenters. The Morgan fingerprint density at radius 3 is 2.00 bits per heavy atom. The van der Waals surface area contributed by atoms with Crippen molar-refractivity contribution in [3.05, 3.63) is 0 Å². The van der Waals surface area contributed by atoms with Crippen molar-refractivity contribution < 1.29 is 4.39 Å². The molecule has 2 rings (SSSR count). The van der Waals surface area contributed by atoms with Gasteiger partial charge in [0.05, 0.1) is 0 Å². The van der Waals surface area contributed by atoms with Crippen molar-refractivity contribution in [2.24, 2.45) is 23.5 Å². The van der Waals surface area contributed by atoms with Crippen LogP contribution in [0, 0.1) is 17.8 Å². The average Bonchev–Trinajstić information content (AvgIpc) is 2.21. The fourth-order valence-electron chi connectivity index (χ4n) is 3.90. The smallest absolute Gasteiger partial charge is 0.114 e. The molecule has 0 bridgehead atoms. The third-order valence-corrected chi connectivity index (χ3v) is 4.77. The minimum Gasteiger partial charge on any atom is -0.328 e. The molecule has 0 heterocycles. The Hall–Kier alpha value is -0.110. The zero-order chi connectivity index (χ0) is 11.8. The zero-order valence-electron chi connectivity index (χ0n) is 10.7. The molecule has 0 aromatic heterocycles. The summed E-state index contributed by atoms with van der Waals surface area (Å²) in [6.45, 7) is 4.56. The summed E-state index contributed by atoms with van der Waals surface area (Å²) in [6, 6.07) is 0.252. The molecule has 0 aromatic rings. The van der Waals surface area contributed by atoms with Gasteiger partial charge in [0, 0.05) is 6.04 Å². The van der Waals surface area contributed by atoms with Crippen LogP contribution in [0.3, 0.4) is 0 Å². The monoisotopic (exact) mass is 227 g/mol. The molecule has 1 nitrogen and oxygen atoms in total. The van der Waals surface area contributed by atoms with E-state index in [0.717, 1.165) is 25.7 Å². The Balaban J connectivity index is 1.99. The lowest BCUT2D eigenvalue weighted by atomic mass is 9.66. The predicted molar refractivity (Wildman–Crippen MR) is 66.0 cm³/mol. The second-order valence-corrected chi connectivity index (χ2v) is 6.49. The number of halogens is 1. The van der Waals surface area contributed by atoms with Crippen LogP contribution in [0.2, 0.25) is 0 Å². The highest BCUT2D eigenvalue weighted by Crippen LogP contribution is 2.46. The van der Waals surface area contributed by atoms with Crippen LogP contribution < -0.4 is 5.73 Å². The molecule has 2 N–H and O–H groups in total. The van der Waals surface area contributed by atoms with Gasteiger partial charge < -0.3 is 5.73 Å². The first-order valence-corrected chi connectivity index (χ1v) is 6.94. The highest BCUT2D eigenvalue weighted by molar-refractivity contribution is 4.95. The molecule has 2 fully saturated rings. The number of hydrogen-bond acceptors (Lipinski definition) is 1. The molecule has 0 aliphatic heterocycles.